The largest absolute Gasteiger partial charge is 0.464 e. The number of rotatable bonds is 30. The number of hydrogen-bond acceptors (Lipinski definition) is 8. The summed E-state index contributed by atoms with van der Waals surface area (Å²) in [5.74, 6) is 3.25. The standard InChI is InChI=1S/C58H93NO9S/c1-8-10-11-12-13-14-15-16-17-18-19-20-21-22-39-66-56(62)53(40-44-24-28-47(29-25-44)68-69(63,64)65)59-54(60)33-34-55(61)67-48-35-37-57(6)46(41-48)27-30-49-51-32-31-50(58(51,7)38-36-52(49)57)43(5)23-26-45(9-2)42(3)4/h23-29,42-43,45,48-53H,8-22,30-41H2,1-7H3,(H,59,60)(H,63,64,65)/b26-23+/t43?,45-,48+,49+,50-,51+,52+,53-,57+,58-/m1/s1. The molecule has 0 saturated heterocycles. The molecule has 1 aromatic carbocycles. The summed E-state index contributed by atoms with van der Waals surface area (Å²) >= 11 is 0. The fraction of sp³-hybridized carbons (Fsp3) is 0.776. The van der Waals surface area contributed by atoms with Crippen LogP contribution in [-0.4, -0.2) is 49.6 Å². The molecule has 3 fully saturated rings. The smallest absolute Gasteiger partial charge is 0.446 e. The van der Waals surface area contributed by atoms with E-state index in [2.05, 4.69) is 76.2 Å². The van der Waals surface area contributed by atoms with Gasteiger partial charge in [-0.2, -0.15) is 8.42 Å². The lowest BCUT2D eigenvalue weighted by Crippen LogP contribution is -2.51. The molecule has 10 nitrogen and oxygen atoms in total. The molecule has 5 rings (SSSR count). The number of amides is 1. The molecule has 2 N–H and O–H groups in total. The summed E-state index contributed by atoms with van der Waals surface area (Å²) in [5.41, 5.74) is 2.57. The van der Waals surface area contributed by atoms with Crippen molar-refractivity contribution in [3.05, 3.63) is 53.6 Å². The minimum Gasteiger partial charge on any atom is -0.464 e. The van der Waals surface area contributed by atoms with E-state index in [9.17, 15) is 22.8 Å². The topological polar surface area (TPSA) is 145 Å². The average molecular weight is 980 g/mol. The molecule has 4 aliphatic carbocycles. The first kappa shape index (κ1) is 56.7. The Morgan fingerprint density at radius 3 is 2.04 bits per heavy atom. The third-order valence-electron chi connectivity index (χ3n) is 17.5. The molecule has 1 amide bonds. The van der Waals surface area contributed by atoms with E-state index >= 15 is 0 Å². The Bertz CT molecular complexity index is 1930. The number of fused-ring (bicyclic) bond motifs is 5. The van der Waals surface area contributed by atoms with E-state index in [4.69, 9.17) is 14.0 Å². The van der Waals surface area contributed by atoms with Gasteiger partial charge in [0.1, 0.15) is 17.9 Å². The minimum atomic E-state index is -4.69. The highest BCUT2D eigenvalue weighted by Gasteiger charge is 2.59. The lowest BCUT2D eigenvalue weighted by Gasteiger charge is -2.58. The molecule has 390 valence electrons. The lowest BCUT2D eigenvalue weighted by molar-refractivity contribution is -0.152. The molecule has 0 bridgehead atoms. The van der Waals surface area contributed by atoms with Gasteiger partial charge in [-0.05, 0) is 128 Å². The third kappa shape index (κ3) is 17.0. The molecule has 1 unspecified atom stereocenters. The zero-order valence-corrected chi connectivity index (χ0v) is 44.8. The highest BCUT2D eigenvalue weighted by atomic mass is 32.3. The summed E-state index contributed by atoms with van der Waals surface area (Å²) in [6, 6.07) is 4.81. The van der Waals surface area contributed by atoms with E-state index in [-0.39, 0.29) is 43.1 Å². The molecule has 10 atom stereocenters. The summed E-state index contributed by atoms with van der Waals surface area (Å²) in [7, 11) is -4.69. The zero-order valence-electron chi connectivity index (χ0n) is 44.0. The van der Waals surface area contributed by atoms with Crippen LogP contribution >= 0.6 is 0 Å². The predicted molar refractivity (Wildman–Crippen MR) is 277 cm³/mol. The molecular weight excluding hydrogens is 887 g/mol. The Hall–Kier alpha value is -3.18. The van der Waals surface area contributed by atoms with Crippen LogP contribution in [0.2, 0.25) is 0 Å². The number of hydrogen-bond donors (Lipinski definition) is 2. The number of esters is 2. The molecular formula is C58H93NO9S. The maximum Gasteiger partial charge on any atom is 0.446 e. The van der Waals surface area contributed by atoms with Gasteiger partial charge < -0.3 is 19.0 Å². The van der Waals surface area contributed by atoms with Crippen LogP contribution in [0.4, 0.5) is 0 Å². The fourth-order valence-corrected chi connectivity index (χ4v) is 13.8. The Morgan fingerprint density at radius 1 is 0.797 bits per heavy atom. The van der Waals surface area contributed by atoms with Crippen LogP contribution in [0.1, 0.15) is 215 Å². The van der Waals surface area contributed by atoms with E-state index < -0.39 is 34.3 Å². The lowest BCUT2D eigenvalue weighted by atomic mass is 9.47. The van der Waals surface area contributed by atoms with Gasteiger partial charge in [-0.25, -0.2) is 4.79 Å². The highest BCUT2D eigenvalue weighted by molar-refractivity contribution is 7.81. The Balaban J connectivity index is 1.07. The number of benzene rings is 1. The number of ether oxygens (including phenoxy) is 2. The van der Waals surface area contributed by atoms with Crippen molar-refractivity contribution in [2.45, 2.75) is 228 Å². The molecule has 0 spiro atoms. The van der Waals surface area contributed by atoms with Gasteiger partial charge in [-0.1, -0.05) is 168 Å². The van der Waals surface area contributed by atoms with Crippen molar-refractivity contribution in [2.75, 3.05) is 6.61 Å². The van der Waals surface area contributed by atoms with E-state index in [1.807, 2.05) is 0 Å². The molecule has 1 aromatic rings. The highest BCUT2D eigenvalue weighted by Crippen LogP contribution is 2.67. The first-order valence-electron chi connectivity index (χ1n) is 27.8. The third-order valence-corrected chi connectivity index (χ3v) is 17.9. The average Bonchev–Trinajstić information content (AvgIpc) is 3.67. The van der Waals surface area contributed by atoms with Crippen molar-refractivity contribution >= 4 is 28.2 Å². The monoisotopic (exact) mass is 980 g/mol. The second-order valence-corrected chi connectivity index (χ2v) is 23.7. The Kier molecular flexibility index (Phi) is 22.7. The van der Waals surface area contributed by atoms with Crippen LogP contribution in [-0.2, 0) is 40.7 Å². The molecule has 3 saturated carbocycles. The first-order valence-corrected chi connectivity index (χ1v) is 29.1. The van der Waals surface area contributed by atoms with Crippen LogP contribution < -0.4 is 9.50 Å². The Labute approximate surface area is 418 Å². The van der Waals surface area contributed by atoms with Crippen LogP contribution in [0, 0.1) is 52.3 Å². The summed E-state index contributed by atoms with van der Waals surface area (Å²) in [5, 5.41) is 2.79. The number of carbonyl (C=O) groups excluding carboxylic acids is 3. The second-order valence-electron chi connectivity index (χ2n) is 22.6. The second kappa shape index (κ2) is 27.6. The van der Waals surface area contributed by atoms with Crippen molar-refractivity contribution in [3.63, 3.8) is 0 Å². The van der Waals surface area contributed by atoms with Crippen molar-refractivity contribution in [1.29, 1.82) is 0 Å². The molecule has 0 aliphatic heterocycles. The predicted octanol–water partition coefficient (Wildman–Crippen LogP) is 14.1. The van der Waals surface area contributed by atoms with E-state index in [1.54, 1.807) is 12.1 Å². The van der Waals surface area contributed by atoms with E-state index in [0.717, 1.165) is 56.8 Å². The minimum absolute atomic E-state index is 0.0760. The number of nitrogens with one attached hydrogen (secondary N) is 1. The fourth-order valence-electron chi connectivity index (χ4n) is 13.4. The van der Waals surface area contributed by atoms with Crippen LogP contribution in [0.5, 0.6) is 5.75 Å². The number of unbranched alkanes of at least 4 members (excludes halogenated alkanes) is 13. The normalized spacial score (nSPS) is 26.9. The molecule has 0 heterocycles. The summed E-state index contributed by atoms with van der Waals surface area (Å²) in [6.45, 7) is 17.1. The van der Waals surface area contributed by atoms with Crippen LogP contribution in [0.25, 0.3) is 0 Å². The van der Waals surface area contributed by atoms with Gasteiger partial charge in [0.2, 0.25) is 5.91 Å². The van der Waals surface area contributed by atoms with Gasteiger partial charge in [-0.15, -0.1) is 0 Å². The van der Waals surface area contributed by atoms with Gasteiger partial charge in [-0.3, -0.25) is 14.1 Å². The SMILES string of the molecule is CCCCCCCCCCCCCCCCOC(=O)[C@@H](Cc1ccc(OS(=O)(=O)O)cc1)NC(=O)CCC(=O)O[C@H]1CC[C@@]2(C)C(=CC[C@H]3[C@@H]4CC[C@H](C(C)/C=C/[C@@H](CC)C(C)C)[C@@]4(C)CC[C@@H]32)C1. The Morgan fingerprint density at radius 2 is 1.43 bits per heavy atom. The maximum absolute atomic E-state index is 13.4. The van der Waals surface area contributed by atoms with Gasteiger partial charge in [0.25, 0.3) is 0 Å². The number of carbonyl (C=O) groups is 3. The zero-order chi connectivity index (χ0) is 50.0. The molecule has 11 heteroatoms. The molecule has 69 heavy (non-hydrogen) atoms. The summed E-state index contributed by atoms with van der Waals surface area (Å²) in [6.07, 6.45) is 34.4. The van der Waals surface area contributed by atoms with Gasteiger partial charge in [0, 0.05) is 19.3 Å². The van der Waals surface area contributed by atoms with Crippen molar-refractivity contribution < 1.29 is 41.0 Å². The van der Waals surface area contributed by atoms with Gasteiger partial charge >= 0.3 is 22.3 Å². The van der Waals surface area contributed by atoms with Crippen LogP contribution in [0.15, 0.2) is 48.1 Å². The van der Waals surface area contributed by atoms with E-state index in [1.165, 1.54) is 120 Å². The molecule has 0 aromatic heterocycles. The number of allylic oxidation sites excluding steroid dienone is 3. The van der Waals surface area contributed by atoms with Crippen molar-refractivity contribution in [1.82, 2.24) is 5.32 Å². The van der Waals surface area contributed by atoms with Gasteiger partial charge in [0.15, 0.2) is 0 Å². The van der Waals surface area contributed by atoms with Gasteiger partial charge in [0.05, 0.1) is 13.0 Å². The van der Waals surface area contributed by atoms with Crippen LogP contribution in [0.3, 0.4) is 0 Å². The first-order chi connectivity index (χ1) is 33.0. The van der Waals surface area contributed by atoms with Crippen molar-refractivity contribution in [3.8, 4) is 5.75 Å². The molecule has 0 radical (unpaired) electrons. The van der Waals surface area contributed by atoms with Crippen molar-refractivity contribution in [2.24, 2.45) is 52.3 Å². The van der Waals surface area contributed by atoms with E-state index in [0.29, 0.717) is 40.6 Å². The summed E-state index contributed by atoms with van der Waals surface area (Å²) < 4.78 is 47.7. The maximum atomic E-state index is 13.4. The summed E-state index contributed by atoms with van der Waals surface area (Å²) in [4.78, 5) is 40.0. The quantitative estimate of drug-likeness (QED) is 0.0333. The molecule has 4 aliphatic rings.